The number of pyridine rings is 2. The van der Waals surface area contributed by atoms with Crippen LogP contribution in [0.25, 0.3) is 52.7 Å². The molecule has 2 aliphatic carbocycles. The van der Waals surface area contributed by atoms with E-state index >= 15 is 0 Å². The topological polar surface area (TPSA) is 111 Å². The van der Waals surface area contributed by atoms with Gasteiger partial charge in [-0.05, 0) is 173 Å². The number of carbonyl (C=O) groups is 2. The lowest BCUT2D eigenvalue weighted by Crippen LogP contribution is -2.42. The summed E-state index contributed by atoms with van der Waals surface area (Å²) >= 11 is 10.9. The Morgan fingerprint density at radius 3 is 1.56 bits per heavy atom. The molecule has 454 valence electrons. The van der Waals surface area contributed by atoms with Crippen molar-refractivity contribution in [3.63, 3.8) is 0 Å². The molecule has 2 saturated carbocycles. The highest BCUT2D eigenvalue weighted by Gasteiger charge is 2.51. The number of thiazole rings is 2. The molecule has 5 aliphatic rings. The van der Waals surface area contributed by atoms with E-state index in [1.807, 2.05) is 87.0 Å². The van der Waals surface area contributed by atoms with Crippen LogP contribution in [-0.4, -0.2) is 84.8 Å². The van der Waals surface area contributed by atoms with Crippen LogP contribution in [0.15, 0.2) is 89.9 Å². The number of benzene rings is 2. The molecule has 10 nitrogen and oxygen atoms in total. The van der Waals surface area contributed by atoms with Crippen molar-refractivity contribution >= 4 is 106 Å². The van der Waals surface area contributed by atoms with Crippen LogP contribution in [0.1, 0.15) is 176 Å². The Morgan fingerprint density at radius 2 is 1.09 bits per heavy atom. The average Bonchev–Trinajstić information content (AvgIpc) is 2.10. The van der Waals surface area contributed by atoms with Crippen molar-refractivity contribution in [3.8, 4) is 32.3 Å². The summed E-state index contributed by atoms with van der Waals surface area (Å²) in [4.78, 5) is 55.3. The third-order valence-electron chi connectivity index (χ3n) is 19.3. The predicted octanol–water partition coefficient (Wildman–Crippen LogP) is 17.7. The molecule has 0 radical (unpaired) electrons. The number of Topliss-reactive ketones (excluding diaryl/α,β-unsaturated/α-hetero) is 2. The van der Waals surface area contributed by atoms with E-state index in [9.17, 15) is 9.59 Å². The van der Waals surface area contributed by atoms with Crippen LogP contribution in [0.3, 0.4) is 0 Å². The molecule has 86 heavy (non-hydrogen) atoms. The number of nitrogens with zero attached hydrogens (tertiary/aromatic N) is 6. The predicted molar refractivity (Wildman–Crippen MR) is 364 cm³/mol. The van der Waals surface area contributed by atoms with Crippen LogP contribution in [-0.2, 0) is 57.7 Å². The fourth-order valence-corrected chi connectivity index (χ4v) is 17.7. The maximum absolute atomic E-state index is 13.2. The number of thiophene rings is 2. The Bertz CT molecular complexity index is 3590. The second-order valence-corrected chi connectivity index (χ2v) is 31.3. The van der Waals surface area contributed by atoms with Gasteiger partial charge in [0.1, 0.15) is 21.6 Å². The van der Waals surface area contributed by atoms with E-state index in [1.54, 1.807) is 35.1 Å². The summed E-state index contributed by atoms with van der Waals surface area (Å²) in [5, 5.41) is 2.18. The molecule has 2 atom stereocenters. The first kappa shape index (κ1) is 63.2. The minimum atomic E-state index is -0.280. The molecule has 9 heterocycles. The van der Waals surface area contributed by atoms with Crippen molar-refractivity contribution < 1.29 is 18.9 Å². The molecule has 0 spiro atoms. The zero-order valence-electron chi connectivity index (χ0n) is 51.9. The van der Waals surface area contributed by atoms with E-state index in [1.165, 1.54) is 103 Å². The molecule has 16 heteroatoms. The Balaban J connectivity index is 0.000000146. The Hall–Kier alpha value is -4.36. The maximum atomic E-state index is 13.2. The van der Waals surface area contributed by atoms with E-state index in [-0.39, 0.29) is 18.3 Å². The Kier molecular flexibility index (Phi) is 20.7. The molecule has 0 unspecified atom stereocenters. The van der Waals surface area contributed by atoms with E-state index < -0.39 is 0 Å². The first-order chi connectivity index (χ1) is 41.5. The Labute approximate surface area is 535 Å². The minimum Gasteiger partial charge on any atom is -0.399 e. The van der Waals surface area contributed by atoms with Gasteiger partial charge in [0.25, 0.3) is 0 Å². The summed E-state index contributed by atoms with van der Waals surface area (Å²) in [5.41, 5.74) is 10.4. The van der Waals surface area contributed by atoms with Gasteiger partial charge in [-0.2, -0.15) is 0 Å². The molecule has 3 aliphatic heterocycles. The minimum absolute atomic E-state index is 0.277. The Morgan fingerprint density at radius 1 is 0.628 bits per heavy atom. The molecule has 0 N–H and O–H groups in total. The molecule has 1 saturated heterocycles. The maximum Gasteiger partial charge on any atom is 0.494 e. The number of halogens is 1. The summed E-state index contributed by atoms with van der Waals surface area (Å²) in [6.45, 7) is 21.6. The molecule has 2 aromatic carbocycles. The van der Waals surface area contributed by atoms with E-state index in [0.29, 0.717) is 49.1 Å². The molecule has 0 bridgehead atoms. The number of aromatic nitrogens is 4. The SMILES string of the molecule is CC1(C)OB(c2ccncc2)OC1(C)C.CC[C@H](C)CCCC(=O)Cc1sc2c(c1-c1nc3cc(-c4ccncc4)ccc3s1)CCN(C1CCC1)C2.CC[C@H](C)CCCC(=O)Cc1sc2c(c1-c1nc3cc(Br)ccc3s1)CCN(C1CCC1)C2. The van der Waals surface area contributed by atoms with Crippen LogP contribution < -0.4 is 5.46 Å². The van der Waals surface area contributed by atoms with Crippen LogP contribution in [0, 0.1) is 11.8 Å². The number of ketones is 2. The fourth-order valence-electron chi connectivity index (χ4n) is 12.3. The number of rotatable bonds is 20. The van der Waals surface area contributed by atoms with Gasteiger partial charge in [-0.1, -0.05) is 88.2 Å². The third-order valence-corrected chi connectivity index (χ3v) is 24.4. The van der Waals surface area contributed by atoms with Crippen molar-refractivity contribution in [1.82, 2.24) is 29.7 Å². The van der Waals surface area contributed by atoms with Gasteiger partial charge in [0.05, 0.1) is 31.6 Å². The van der Waals surface area contributed by atoms with Crippen molar-refractivity contribution in [2.24, 2.45) is 11.8 Å². The molecular formula is C70H86BBrN6O4S4. The molecule has 8 aromatic rings. The normalized spacial score (nSPS) is 18.3. The van der Waals surface area contributed by atoms with E-state index in [2.05, 4.69) is 99.8 Å². The van der Waals surface area contributed by atoms with Gasteiger partial charge in [0, 0.05) is 124 Å². The van der Waals surface area contributed by atoms with E-state index in [0.717, 1.165) is 119 Å². The van der Waals surface area contributed by atoms with Crippen LogP contribution >= 0.6 is 61.3 Å². The number of hydrogen-bond donors (Lipinski definition) is 0. The van der Waals surface area contributed by atoms with Crippen molar-refractivity contribution in [2.75, 3.05) is 13.1 Å². The molecule has 3 fully saturated rings. The number of carbonyl (C=O) groups excluding carboxylic acids is 2. The highest BCUT2D eigenvalue weighted by Crippen LogP contribution is 2.47. The number of hydrogen-bond acceptors (Lipinski definition) is 14. The standard InChI is InChI=1S/C32H37N3OS2.C27H33BrN2OS2.C11H16BNO2/c1-3-21(2)6-4-9-25(36)19-29-31(26-14-17-35(20-30(26)37-29)24-7-5-8-24)32-34-27-18-23(10-11-28(27)38-32)22-12-15-33-16-13-22;1-3-17(2)6-4-9-20(31)15-24-26(27-29-22-14-18(28)10-11-23(22)33-27)21-12-13-30(16-25(21)32-24)19-7-5-8-19;1-10(2)11(3,4)15-12(14-10)9-5-7-13-8-6-9/h10-13,15-16,18,21,24H,3-9,14,17,19-20H2,1-2H3;10-11,14,17,19H,3-9,12-13,15-16H2,1-2H3;5-8H,1-4H3/t21-;17-;/m00./s1. The zero-order chi connectivity index (χ0) is 60.1. The average molecular weight is 1290 g/mol. The lowest BCUT2D eigenvalue weighted by atomic mass is 9.80. The third kappa shape index (κ3) is 14.8. The second kappa shape index (κ2) is 28.2. The summed E-state index contributed by atoms with van der Waals surface area (Å²) in [6, 6.07) is 22.4. The lowest BCUT2D eigenvalue weighted by molar-refractivity contribution is -0.119. The summed E-state index contributed by atoms with van der Waals surface area (Å²) in [6.07, 6.45) is 26.6. The van der Waals surface area contributed by atoms with E-state index in [4.69, 9.17) is 19.3 Å². The summed E-state index contributed by atoms with van der Waals surface area (Å²) in [7, 11) is -0.280. The van der Waals surface area contributed by atoms with Crippen LogP contribution in [0.5, 0.6) is 0 Å². The molecule has 0 amide bonds. The highest BCUT2D eigenvalue weighted by atomic mass is 79.9. The lowest BCUT2D eigenvalue weighted by Gasteiger charge is -2.39. The van der Waals surface area contributed by atoms with Gasteiger partial charge in [-0.25, -0.2) is 9.97 Å². The van der Waals surface area contributed by atoms with Gasteiger partial charge < -0.3 is 9.31 Å². The van der Waals surface area contributed by atoms with Crippen molar-refractivity contribution in [2.45, 2.75) is 207 Å². The van der Waals surface area contributed by atoms with Gasteiger partial charge >= 0.3 is 7.12 Å². The molecular weight excluding hydrogens is 1210 g/mol. The summed E-state index contributed by atoms with van der Waals surface area (Å²) < 4.78 is 15.3. The fraction of sp³-hybridized carbons (Fsp3) is 0.514. The first-order valence-electron chi connectivity index (χ1n) is 31.9. The van der Waals surface area contributed by atoms with Crippen molar-refractivity contribution in [1.29, 1.82) is 0 Å². The zero-order valence-corrected chi connectivity index (χ0v) is 56.7. The summed E-state index contributed by atoms with van der Waals surface area (Å²) in [5.74, 6) is 2.18. The monoisotopic (exact) mass is 1290 g/mol. The quantitative estimate of drug-likeness (QED) is 0.0684. The smallest absolute Gasteiger partial charge is 0.399 e. The first-order valence-corrected chi connectivity index (χ1v) is 36.0. The number of fused-ring (bicyclic) bond motifs is 4. The van der Waals surface area contributed by atoms with Crippen LogP contribution in [0.2, 0.25) is 0 Å². The van der Waals surface area contributed by atoms with Gasteiger partial charge in [-0.15, -0.1) is 45.3 Å². The van der Waals surface area contributed by atoms with Gasteiger partial charge in [-0.3, -0.25) is 29.4 Å². The second-order valence-electron chi connectivity index (χ2n) is 25.9. The van der Waals surface area contributed by atoms with Crippen LogP contribution in [0.4, 0.5) is 0 Å². The molecule has 6 aromatic heterocycles. The van der Waals surface area contributed by atoms with Gasteiger partial charge in [0.2, 0.25) is 0 Å². The highest BCUT2D eigenvalue weighted by molar-refractivity contribution is 9.10. The molecule has 13 rings (SSSR count). The largest absolute Gasteiger partial charge is 0.494 e. The van der Waals surface area contributed by atoms with Gasteiger partial charge in [0.15, 0.2) is 0 Å². The van der Waals surface area contributed by atoms with Crippen molar-refractivity contribution in [3.05, 3.63) is 121 Å².